The van der Waals surface area contributed by atoms with Crippen molar-refractivity contribution >= 4 is 0 Å². The average molecular weight is 240 g/mol. The Kier molecular flexibility index (Phi) is 2.79. The Bertz CT molecular complexity index is 578. The number of nitriles is 1. The summed E-state index contributed by atoms with van der Waals surface area (Å²) < 4.78 is 5.55. The summed E-state index contributed by atoms with van der Waals surface area (Å²) in [5.41, 5.74) is 1.45. The lowest BCUT2D eigenvalue weighted by Crippen LogP contribution is -2.15. The summed E-state index contributed by atoms with van der Waals surface area (Å²) in [4.78, 5) is 0. The normalized spacial score (nSPS) is 14.4. The van der Waals surface area contributed by atoms with Crippen molar-refractivity contribution in [1.29, 1.82) is 5.26 Å². The minimum atomic E-state index is 0.493. The molecule has 90 valence electrons. The minimum absolute atomic E-state index is 0.493. The molecule has 0 spiro atoms. The molecule has 0 unspecified atom stereocenters. The Morgan fingerprint density at radius 2 is 2.06 bits per heavy atom. The fourth-order valence-corrected chi connectivity index (χ4v) is 1.65. The SMILES string of the molecule is N#Cc1ccc(-c2nnc(CNC3CC3)o2)cc1. The molecular formula is C13H12N4O. The third-order valence-corrected chi connectivity index (χ3v) is 2.85. The molecule has 0 atom stereocenters. The van der Waals surface area contributed by atoms with Gasteiger partial charge in [-0.25, -0.2) is 0 Å². The van der Waals surface area contributed by atoms with Gasteiger partial charge in [0.1, 0.15) is 0 Å². The second-order valence-electron chi connectivity index (χ2n) is 4.35. The van der Waals surface area contributed by atoms with Crippen LogP contribution >= 0.6 is 0 Å². The Morgan fingerprint density at radius 1 is 1.28 bits per heavy atom. The van der Waals surface area contributed by atoms with Crippen molar-refractivity contribution in [3.05, 3.63) is 35.7 Å². The molecule has 1 aliphatic carbocycles. The molecule has 3 rings (SSSR count). The maximum absolute atomic E-state index is 8.72. The van der Waals surface area contributed by atoms with E-state index in [0.29, 0.717) is 29.9 Å². The summed E-state index contributed by atoms with van der Waals surface area (Å²) in [6.07, 6.45) is 2.47. The van der Waals surface area contributed by atoms with Gasteiger partial charge in [-0.05, 0) is 37.1 Å². The number of nitrogens with zero attached hydrogens (tertiary/aromatic N) is 3. The number of hydrogen-bond donors (Lipinski definition) is 1. The maximum Gasteiger partial charge on any atom is 0.247 e. The number of nitrogens with one attached hydrogen (secondary N) is 1. The predicted molar refractivity (Wildman–Crippen MR) is 64.3 cm³/mol. The van der Waals surface area contributed by atoms with E-state index in [-0.39, 0.29) is 0 Å². The molecule has 1 aromatic carbocycles. The topological polar surface area (TPSA) is 74.7 Å². The first-order valence-electron chi connectivity index (χ1n) is 5.91. The largest absolute Gasteiger partial charge is 0.419 e. The van der Waals surface area contributed by atoms with Gasteiger partial charge in [0, 0.05) is 11.6 Å². The average Bonchev–Trinajstić information content (AvgIpc) is 3.14. The van der Waals surface area contributed by atoms with Crippen LogP contribution in [0.5, 0.6) is 0 Å². The van der Waals surface area contributed by atoms with Crippen molar-refractivity contribution in [1.82, 2.24) is 15.5 Å². The molecule has 18 heavy (non-hydrogen) atoms. The smallest absolute Gasteiger partial charge is 0.247 e. The summed E-state index contributed by atoms with van der Waals surface area (Å²) >= 11 is 0. The van der Waals surface area contributed by atoms with Crippen LogP contribution in [0, 0.1) is 11.3 Å². The molecule has 0 bridgehead atoms. The van der Waals surface area contributed by atoms with E-state index in [2.05, 4.69) is 21.6 Å². The Labute approximate surface area is 104 Å². The summed E-state index contributed by atoms with van der Waals surface area (Å²) in [6.45, 7) is 0.619. The number of hydrogen-bond acceptors (Lipinski definition) is 5. The summed E-state index contributed by atoms with van der Waals surface area (Å²) in [5.74, 6) is 1.09. The zero-order valence-corrected chi connectivity index (χ0v) is 9.76. The Hall–Kier alpha value is -2.19. The second-order valence-corrected chi connectivity index (χ2v) is 4.35. The molecule has 1 aromatic heterocycles. The van der Waals surface area contributed by atoms with Gasteiger partial charge in [0.2, 0.25) is 11.8 Å². The van der Waals surface area contributed by atoms with Gasteiger partial charge in [0.25, 0.3) is 0 Å². The molecule has 5 heteroatoms. The van der Waals surface area contributed by atoms with E-state index in [0.717, 1.165) is 5.56 Å². The number of rotatable bonds is 4. The van der Waals surface area contributed by atoms with Crippen molar-refractivity contribution < 1.29 is 4.42 Å². The van der Waals surface area contributed by atoms with E-state index in [1.165, 1.54) is 12.8 Å². The maximum atomic E-state index is 8.72. The number of aromatic nitrogens is 2. The molecule has 1 heterocycles. The number of benzene rings is 1. The molecule has 1 fully saturated rings. The van der Waals surface area contributed by atoms with Gasteiger partial charge in [-0.1, -0.05) is 0 Å². The van der Waals surface area contributed by atoms with Gasteiger partial charge in [-0.15, -0.1) is 10.2 Å². The van der Waals surface area contributed by atoms with Crippen LogP contribution in [0.1, 0.15) is 24.3 Å². The third kappa shape index (κ3) is 2.39. The Balaban J connectivity index is 1.72. The lowest BCUT2D eigenvalue weighted by atomic mass is 10.1. The zero-order valence-electron chi connectivity index (χ0n) is 9.76. The molecule has 1 aliphatic rings. The highest BCUT2D eigenvalue weighted by molar-refractivity contribution is 5.54. The van der Waals surface area contributed by atoms with E-state index in [1.807, 2.05) is 12.1 Å². The van der Waals surface area contributed by atoms with E-state index in [4.69, 9.17) is 9.68 Å². The third-order valence-electron chi connectivity index (χ3n) is 2.85. The molecule has 0 radical (unpaired) electrons. The lowest BCUT2D eigenvalue weighted by Gasteiger charge is -1.96. The van der Waals surface area contributed by atoms with Crippen molar-refractivity contribution in [2.75, 3.05) is 0 Å². The second kappa shape index (κ2) is 4.59. The fourth-order valence-electron chi connectivity index (χ4n) is 1.65. The van der Waals surface area contributed by atoms with E-state index < -0.39 is 0 Å². The molecule has 0 saturated heterocycles. The van der Waals surface area contributed by atoms with Gasteiger partial charge in [-0.2, -0.15) is 5.26 Å². The molecule has 0 aliphatic heterocycles. The quantitative estimate of drug-likeness (QED) is 0.882. The first-order chi connectivity index (χ1) is 8.85. The molecule has 0 amide bonds. The first-order valence-corrected chi connectivity index (χ1v) is 5.91. The molecule has 5 nitrogen and oxygen atoms in total. The monoisotopic (exact) mass is 240 g/mol. The van der Waals surface area contributed by atoms with Crippen LogP contribution in [0.4, 0.5) is 0 Å². The van der Waals surface area contributed by atoms with Gasteiger partial charge in [0.05, 0.1) is 18.2 Å². The summed E-state index contributed by atoms with van der Waals surface area (Å²) in [7, 11) is 0. The van der Waals surface area contributed by atoms with Crippen LogP contribution in [0.15, 0.2) is 28.7 Å². The Morgan fingerprint density at radius 3 is 2.72 bits per heavy atom. The van der Waals surface area contributed by atoms with Crippen molar-refractivity contribution in [2.24, 2.45) is 0 Å². The van der Waals surface area contributed by atoms with Crippen LogP contribution < -0.4 is 5.32 Å². The van der Waals surface area contributed by atoms with Gasteiger partial charge < -0.3 is 9.73 Å². The first kappa shape index (κ1) is 10.9. The van der Waals surface area contributed by atoms with Gasteiger partial charge in [0.15, 0.2) is 0 Å². The van der Waals surface area contributed by atoms with Crippen LogP contribution in [-0.4, -0.2) is 16.2 Å². The fraction of sp³-hybridized carbons (Fsp3) is 0.308. The lowest BCUT2D eigenvalue weighted by molar-refractivity contribution is 0.476. The van der Waals surface area contributed by atoms with Gasteiger partial charge in [-0.3, -0.25) is 0 Å². The highest BCUT2D eigenvalue weighted by atomic mass is 16.4. The van der Waals surface area contributed by atoms with Crippen LogP contribution in [0.25, 0.3) is 11.5 Å². The molecule has 1 saturated carbocycles. The van der Waals surface area contributed by atoms with E-state index in [1.54, 1.807) is 12.1 Å². The van der Waals surface area contributed by atoms with Crippen LogP contribution in [0.2, 0.25) is 0 Å². The minimum Gasteiger partial charge on any atom is -0.419 e. The molecule has 2 aromatic rings. The zero-order chi connectivity index (χ0) is 12.4. The van der Waals surface area contributed by atoms with Crippen molar-refractivity contribution in [3.63, 3.8) is 0 Å². The van der Waals surface area contributed by atoms with Crippen LogP contribution in [-0.2, 0) is 6.54 Å². The highest BCUT2D eigenvalue weighted by Gasteiger charge is 2.21. The molecule has 1 N–H and O–H groups in total. The van der Waals surface area contributed by atoms with Crippen LogP contribution in [0.3, 0.4) is 0 Å². The van der Waals surface area contributed by atoms with Gasteiger partial charge >= 0.3 is 0 Å². The summed E-state index contributed by atoms with van der Waals surface area (Å²) in [6, 6.07) is 9.79. The van der Waals surface area contributed by atoms with E-state index in [9.17, 15) is 0 Å². The van der Waals surface area contributed by atoms with Crippen molar-refractivity contribution in [2.45, 2.75) is 25.4 Å². The van der Waals surface area contributed by atoms with E-state index >= 15 is 0 Å². The highest BCUT2D eigenvalue weighted by Crippen LogP contribution is 2.21. The standard InChI is InChI=1S/C13H12N4O/c14-7-9-1-3-10(4-2-9)13-17-16-12(18-13)8-15-11-5-6-11/h1-4,11,15H,5-6,8H2. The van der Waals surface area contributed by atoms with Crippen molar-refractivity contribution in [3.8, 4) is 17.5 Å². The predicted octanol–water partition coefficient (Wildman–Crippen LogP) is 1.86. The summed E-state index contributed by atoms with van der Waals surface area (Å²) in [5, 5.41) is 20.0. The molecular weight excluding hydrogens is 228 g/mol.